The van der Waals surface area contributed by atoms with Crippen LogP contribution in [0.2, 0.25) is 0 Å². The molecule has 1 amide bonds. The predicted octanol–water partition coefficient (Wildman–Crippen LogP) is 6.53. The topological polar surface area (TPSA) is 60.9 Å². The molecule has 1 aliphatic heterocycles. The normalized spacial score (nSPS) is 19.6. The highest BCUT2D eigenvalue weighted by Gasteiger charge is 2.40. The molecule has 0 bridgehead atoms. The van der Waals surface area contributed by atoms with Gasteiger partial charge in [-0.3, -0.25) is 9.69 Å². The maximum absolute atomic E-state index is 13.8. The number of benzene rings is 2. The summed E-state index contributed by atoms with van der Waals surface area (Å²) < 4.78 is 0. The molecule has 1 aliphatic carbocycles. The maximum Gasteiger partial charge on any atom is 0.348 e. The Morgan fingerprint density at radius 1 is 1.00 bits per heavy atom. The molecule has 36 heavy (non-hydrogen) atoms. The quantitative estimate of drug-likeness (QED) is 0.416. The number of carbonyl (C=O) groups is 2. The third-order valence-corrected chi connectivity index (χ3v) is 9.01. The number of carboxylic acid groups (broad SMARTS) is 1. The number of carbonyl (C=O) groups excluding carboxylic acids is 1. The van der Waals surface area contributed by atoms with Crippen LogP contribution in [0, 0.1) is 19.8 Å². The Kier molecular flexibility index (Phi) is 7.26. The van der Waals surface area contributed by atoms with Crippen LogP contribution in [-0.2, 0) is 11.3 Å². The van der Waals surface area contributed by atoms with Gasteiger partial charge in [0.2, 0.25) is 5.91 Å². The second-order valence-electron chi connectivity index (χ2n) is 10.3. The fraction of sp³-hybridized carbons (Fsp3) is 0.400. The van der Waals surface area contributed by atoms with Crippen LogP contribution in [0.5, 0.6) is 0 Å². The van der Waals surface area contributed by atoms with Gasteiger partial charge in [0.25, 0.3) is 0 Å². The molecule has 1 saturated heterocycles. The van der Waals surface area contributed by atoms with E-state index in [0.717, 1.165) is 36.4 Å². The Labute approximate surface area is 217 Å². The van der Waals surface area contributed by atoms with Gasteiger partial charge >= 0.3 is 5.97 Å². The lowest BCUT2D eigenvalue weighted by Crippen LogP contribution is -2.59. The molecule has 2 fully saturated rings. The number of thiophene rings is 1. The van der Waals surface area contributed by atoms with E-state index in [1.807, 2.05) is 41.3 Å². The standard InChI is InChI=1S/C30H34N2O3S/c1-20-10-9-11-21(2)24(20)17-31-18-26(22-12-5-3-6-13-22)32(28(33)19-31)25-16-27(36-29(25)30(34)35)23-14-7-4-8-15-23/h4,7-11,14-16,22,26H,3,5-6,12-13,17-19H2,1-2H3,(H,34,35)/t26-/m0/s1. The summed E-state index contributed by atoms with van der Waals surface area (Å²) in [6, 6.07) is 18.1. The summed E-state index contributed by atoms with van der Waals surface area (Å²) in [5.41, 5.74) is 5.33. The van der Waals surface area contributed by atoms with Crippen molar-refractivity contribution in [1.82, 2.24) is 4.90 Å². The van der Waals surface area contributed by atoms with Crippen molar-refractivity contribution >= 4 is 28.9 Å². The molecule has 1 saturated carbocycles. The first kappa shape index (κ1) is 24.7. The SMILES string of the molecule is Cc1cccc(C)c1CN1CC(=O)N(c2cc(-c3ccccc3)sc2C(=O)O)[C@H](C2CCCCC2)C1. The summed E-state index contributed by atoms with van der Waals surface area (Å²) in [6.07, 6.45) is 5.75. The second kappa shape index (κ2) is 10.6. The second-order valence-corrected chi connectivity index (χ2v) is 11.3. The summed E-state index contributed by atoms with van der Waals surface area (Å²) >= 11 is 1.27. The highest BCUT2D eigenvalue weighted by Crippen LogP contribution is 2.41. The van der Waals surface area contributed by atoms with Gasteiger partial charge in [0, 0.05) is 18.0 Å². The van der Waals surface area contributed by atoms with E-state index >= 15 is 0 Å². The Morgan fingerprint density at radius 2 is 1.69 bits per heavy atom. The summed E-state index contributed by atoms with van der Waals surface area (Å²) in [5.74, 6) is -0.585. The number of anilines is 1. The van der Waals surface area contributed by atoms with Gasteiger partial charge in [0.1, 0.15) is 4.88 Å². The van der Waals surface area contributed by atoms with Crippen LogP contribution in [0.25, 0.3) is 10.4 Å². The number of carboxylic acids is 1. The van der Waals surface area contributed by atoms with E-state index in [-0.39, 0.29) is 16.8 Å². The van der Waals surface area contributed by atoms with Crippen LogP contribution in [0.4, 0.5) is 5.69 Å². The van der Waals surface area contributed by atoms with Gasteiger partial charge in [-0.25, -0.2) is 4.79 Å². The number of rotatable bonds is 6. The van der Waals surface area contributed by atoms with Gasteiger partial charge in [0.15, 0.2) is 0 Å². The van der Waals surface area contributed by atoms with Crippen LogP contribution in [0.3, 0.4) is 0 Å². The molecular formula is C30H34N2O3S. The first-order valence-electron chi connectivity index (χ1n) is 12.9. The highest BCUT2D eigenvalue weighted by atomic mass is 32.1. The van der Waals surface area contributed by atoms with Crippen LogP contribution < -0.4 is 4.90 Å². The van der Waals surface area contributed by atoms with Crippen molar-refractivity contribution in [3.8, 4) is 10.4 Å². The predicted molar refractivity (Wildman–Crippen MR) is 146 cm³/mol. The van der Waals surface area contributed by atoms with Crippen molar-refractivity contribution in [2.75, 3.05) is 18.0 Å². The zero-order valence-electron chi connectivity index (χ0n) is 21.1. The maximum atomic E-state index is 13.8. The van der Waals surface area contributed by atoms with E-state index in [2.05, 4.69) is 36.9 Å². The van der Waals surface area contributed by atoms with Crippen LogP contribution in [0.15, 0.2) is 54.6 Å². The monoisotopic (exact) mass is 502 g/mol. The third-order valence-electron chi connectivity index (χ3n) is 7.85. The first-order chi connectivity index (χ1) is 17.4. The first-order valence-corrected chi connectivity index (χ1v) is 13.8. The molecule has 0 unspecified atom stereocenters. The Balaban J connectivity index is 1.51. The number of hydrogen-bond acceptors (Lipinski definition) is 4. The molecule has 2 aromatic carbocycles. The molecule has 6 heteroatoms. The smallest absolute Gasteiger partial charge is 0.348 e. The van der Waals surface area contributed by atoms with Gasteiger partial charge in [-0.15, -0.1) is 11.3 Å². The zero-order valence-corrected chi connectivity index (χ0v) is 21.9. The van der Waals surface area contributed by atoms with E-state index < -0.39 is 5.97 Å². The van der Waals surface area contributed by atoms with Gasteiger partial charge in [-0.05, 0) is 60.9 Å². The molecule has 1 aromatic heterocycles. The average molecular weight is 503 g/mol. The van der Waals surface area contributed by atoms with E-state index in [0.29, 0.717) is 18.2 Å². The number of hydrogen-bond donors (Lipinski definition) is 1. The minimum Gasteiger partial charge on any atom is -0.477 e. The number of nitrogens with zero attached hydrogens (tertiary/aromatic N) is 2. The van der Waals surface area contributed by atoms with Gasteiger partial charge in [0.05, 0.1) is 18.3 Å². The minimum atomic E-state index is -0.967. The average Bonchev–Trinajstić information content (AvgIpc) is 3.32. The minimum absolute atomic E-state index is 0.00275. The summed E-state index contributed by atoms with van der Waals surface area (Å²) in [4.78, 5) is 31.5. The number of piperazine rings is 1. The molecule has 5 nitrogen and oxygen atoms in total. The largest absolute Gasteiger partial charge is 0.477 e. The van der Waals surface area contributed by atoms with Crippen LogP contribution in [0.1, 0.15) is 58.5 Å². The van der Waals surface area contributed by atoms with Crippen molar-refractivity contribution in [2.45, 2.75) is 58.5 Å². The van der Waals surface area contributed by atoms with Gasteiger partial charge in [-0.1, -0.05) is 67.8 Å². The molecule has 3 aromatic rings. The van der Waals surface area contributed by atoms with Crippen molar-refractivity contribution in [3.63, 3.8) is 0 Å². The molecule has 0 spiro atoms. The van der Waals surface area contributed by atoms with Crippen molar-refractivity contribution < 1.29 is 14.7 Å². The van der Waals surface area contributed by atoms with Gasteiger partial charge < -0.3 is 10.0 Å². The van der Waals surface area contributed by atoms with E-state index in [9.17, 15) is 14.7 Å². The Bertz CT molecular complexity index is 1230. The molecule has 188 valence electrons. The molecule has 1 N–H and O–H groups in total. The molecule has 2 aliphatic rings. The molecular weight excluding hydrogens is 468 g/mol. The lowest BCUT2D eigenvalue weighted by Gasteiger charge is -2.45. The van der Waals surface area contributed by atoms with Crippen LogP contribution >= 0.6 is 11.3 Å². The number of aryl methyl sites for hydroxylation is 2. The number of aromatic carboxylic acids is 1. The fourth-order valence-electron chi connectivity index (χ4n) is 5.96. The summed E-state index contributed by atoms with van der Waals surface area (Å²) in [7, 11) is 0. The Morgan fingerprint density at radius 3 is 2.36 bits per heavy atom. The van der Waals surface area contributed by atoms with Crippen LogP contribution in [-0.4, -0.2) is 41.0 Å². The van der Waals surface area contributed by atoms with E-state index in [1.54, 1.807) is 0 Å². The van der Waals surface area contributed by atoms with Crippen molar-refractivity contribution in [3.05, 3.63) is 76.2 Å². The van der Waals surface area contributed by atoms with E-state index in [1.165, 1.54) is 47.3 Å². The highest BCUT2D eigenvalue weighted by molar-refractivity contribution is 7.18. The molecule has 1 atom stereocenters. The van der Waals surface area contributed by atoms with Gasteiger partial charge in [-0.2, -0.15) is 0 Å². The lowest BCUT2D eigenvalue weighted by atomic mass is 9.82. The van der Waals surface area contributed by atoms with Crippen molar-refractivity contribution in [1.29, 1.82) is 0 Å². The van der Waals surface area contributed by atoms with Crippen molar-refractivity contribution in [2.24, 2.45) is 5.92 Å². The zero-order chi connectivity index (χ0) is 25.2. The molecule has 5 rings (SSSR count). The summed E-state index contributed by atoms with van der Waals surface area (Å²) in [5, 5.41) is 10.1. The Hall–Kier alpha value is -2.96. The molecule has 2 heterocycles. The number of amides is 1. The lowest BCUT2D eigenvalue weighted by molar-refractivity contribution is -0.123. The fourth-order valence-corrected chi connectivity index (χ4v) is 6.95. The molecule has 0 radical (unpaired) electrons. The van der Waals surface area contributed by atoms with E-state index in [4.69, 9.17) is 0 Å². The third kappa shape index (κ3) is 4.97. The summed E-state index contributed by atoms with van der Waals surface area (Å²) in [6.45, 7) is 6.07.